The van der Waals surface area contributed by atoms with E-state index >= 15 is 0 Å². The van der Waals surface area contributed by atoms with Gasteiger partial charge in [-0.25, -0.2) is 0 Å². The number of hydrogen-bond donors (Lipinski definition) is 1. The van der Waals surface area contributed by atoms with Crippen LogP contribution in [0, 0.1) is 5.92 Å². The highest BCUT2D eigenvalue weighted by atomic mass is 14.5. The van der Waals surface area contributed by atoms with Crippen molar-refractivity contribution in [1.82, 2.24) is 0 Å². The topological polar surface area (TPSA) is 26.0 Å². The Hall–Kier alpha value is -0.560. The van der Waals surface area contributed by atoms with E-state index in [0.717, 1.165) is 19.4 Å². The van der Waals surface area contributed by atoms with Crippen LogP contribution in [0.5, 0.6) is 0 Å². The molecule has 1 heteroatoms. The predicted octanol–water partition coefficient (Wildman–Crippen LogP) is 2.49. The molecule has 0 saturated heterocycles. The Bertz CT molecular complexity index is 116. The van der Waals surface area contributed by atoms with Crippen LogP contribution in [-0.4, -0.2) is 6.54 Å². The van der Waals surface area contributed by atoms with Gasteiger partial charge in [0.15, 0.2) is 0 Å². The molecule has 0 aromatic carbocycles. The highest BCUT2D eigenvalue weighted by molar-refractivity contribution is 4.89. The Morgan fingerprint density at radius 1 is 1.55 bits per heavy atom. The van der Waals surface area contributed by atoms with Gasteiger partial charge in [-0.05, 0) is 38.6 Å². The molecule has 0 fully saturated rings. The van der Waals surface area contributed by atoms with E-state index in [1.165, 1.54) is 6.42 Å². The molecular formula is C10H19N. The second kappa shape index (κ2) is 7.55. The lowest BCUT2D eigenvalue weighted by atomic mass is 9.99. The average molecular weight is 153 g/mol. The fraction of sp³-hybridized carbons (Fsp3) is 0.600. The summed E-state index contributed by atoms with van der Waals surface area (Å²) in [5.74, 6) is 0.654. The minimum absolute atomic E-state index is 0.654. The highest BCUT2D eigenvalue weighted by Crippen LogP contribution is 2.12. The van der Waals surface area contributed by atoms with Gasteiger partial charge in [-0.1, -0.05) is 18.2 Å². The summed E-state index contributed by atoms with van der Waals surface area (Å²) in [6.07, 6.45) is 9.68. The van der Waals surface area contributed by atoms with Crippen molar-refractivity contribution in [3.63, 3.8) is 0 Å². The van der Waals surface area contributed by atoms with Gasteiger partial charge in [0.1, 0.15) is 0 Å². The smallest absolute Gasteiger partial charge is 0.00771 e. The SMILES string of the molecule is C=CCC(/C=C/C)CCCN. The van der Waals surface area contributed by atoms with E-state index < -0.39 is 0 Å². The Balaban J connectivity index is 3.59. The van der Waals surface area contributed by atoms with E-state index in [1.54, 1.807) is 0 Å². The Morgan fingerprint density at radius 2 is 2.27 bits per heavy atom. The standard InChI is InChI=1S/C10H19N/c1-3-6-10(7-4-2)8-5-9-11/h3-4,7,10H,1,5-6,8-9,11H2,2H3/b7-4+. The van der Waals surface area contributed by atoms with Gasteiger partial charge in [-0.2, -0.15) is 0 Å². The predicted molar refractivity (Wildman–Crippen MR) is 51.4 cm³/mol. The second-order valence-corrected chi connectivity index (χ2v) is 2.74. The van der Waals surface area contributed by atoms with Crippen molar-refractivity contribution in [1.29, 1.82) is 0 Å². The molecule has 1 unspecified atom stereocenters. The first-order valence-corrected chi connectivity index (χ1v) is 4.29. The molecule has 11 heavy (non-hydrogen) atoms. The summed E-state index contributed by atoms with van der Waals surface area (Å²) in [7, 11) is 0. The van der Waals surface area contributed by atoms with Gasteiger partial charge in [0.2, 0.25) is 0 Å². The van der Waals surface area contributed by atoms with Gasteiger partial charge < -0.3 is 5.73 Å². The zero-order valence-corrected chi connectivity index (χ0v) is 7.42. The first kappa shape index (κ1) is 10.4. The van der Waals surface area contributed by atoms with Gasteiger partial charge >= 0.3 is 0 Å². The van der Waals surface area contributed by atoms with Crippen molar-refractivity contribution in [2.75, 3.05) is 6.54 Å². The van der Waals surface area contributed by atoms with E-state index in [4.69, 9.17) is 5.73 Å². The molecule has 0 aliphatic carbocycles. The van der Waals surface area contributed by atoms with Crippen LogP contribution in [0.15, 0.2) is 24.8 Å². The summed E-state index contributed by atoms with van der Waals surface area (Å²) in [5, 5.41) is 0. The van der Waals surface area contributed by atoms with Crippen molar-refractivity contribution in [3.8, 4) is 0 Å². The van der Waals surface area contributed by atoms with Gasteiger partial charge in [0.25, 0.3) is 0 Å². The van der Waals surface area contributed by atoms with E-state index in [2.05, 4.69) is 25.7 Å². The number of allylic oxidation sites excluding steroid dienone is 3. The minimum Gasteiger partial charge on any atom is -0.330 e. The molecule has 0 aliphatic heterocycles. The molecule has 0 spiro atoms. The van der Waals surface area contributed by atoms with E-state index in [0.29, 0.717) is 5.92 Å². The molecule has 0 saturated carbocycles. The van der Waals surface area contributed by atoms with Crippen LogP contribution in [0.3, 0.4) is 0 Å². The zero-order chi connectivity index (χ0) is 8.53. The van der Waals surface area contributed by atoms with Gasteiger partial charge in [0.05, 0.1) is 0 Å². The number of rotatable bonds is 6. The second-order valence-electron chi connectivity index (χ2n) is 2.74. The van der Waals surface area contributed by atoms with Crippen molar-refractivity contribution < 1.29 is 0 Å². The maximum atomic E-state index is 5.42. The van der Waals surface area contributed by atoms with Gasteiger partial charge in [0, 0.05) is 0 Å². The van der Waals surface area contributed by atoms with Crippen LogP contribution >= 0.6 is 0 Å². The van der Waals surface area contributed by atoms with Crippen molar-refractivity contribution >= 4 is 0 Å². The lowest BCUT2D eigenvalue weighted by Gasteiger charge is -2.07. The maximum absolute atomic E-state index is 5.42. The van der Waals surface area contributed by atoms with E-state index in [9.17, 15) is 0 Å². The summed E-state index contributed by atoms with van der Waals surface area (Å²) in [6, 6.07) is 0. The lowest BCUT2D eigenvalue weighted by Crippen LogP contribution is -2.02. The summed E-state index contributed by atoms with van der Waals surface area (Å²) < 4.78 is 0. The van der Waals surface area contributed by atoms with E-state index in [1.807, 2.05) is 6.08 Å². The molecule has 0 aromatic heterocycles. The van der Waals surface area contributed by atoms with Crippen molar-refractivity contribution in [2.45, 2.75) is 26.2 Å². The third kappa shape index (κ3) is 5.86. The largest absolute Gasteiger partial charge is 0.330 e. The van der Waals surface area contributed by atoms with E-state index in [-0.39, 0.29) is 0 Å². The van der Waals surface area contributed by atoms with Gasteiger partial charge in [-0.3, -0.25) is 0 Å². The molecule has 0 aliphatic rings. The van der Waals surface area contributed by atoms with Crippen LogP contribution in [-0.2, 0) is 0 Å². The summed E-state index contributed by atoms with van der Waals surface area (Å²) in [6.45, 7) is 6.58. The monoisotopic (exact) mass is 153 g/mol. The molecule has 0 radical (unpaired) electrons. The van der Waals surface area contributed by atoms with Crippen molar-refractivity contribution in [3.05, 3.63) is 24.8 Å². The zero-order valence-electron chi connectivity index (χ0n) is 7.42. The molecule has 1 nitrogen and oxygen atoms in total. The molecule has 64 valence electrons. The number of hydrogen-bond acceptors (Lipinski definition) is 1. The molecule has 0 aromatic rings. The third-order valence-electron chi connectivity index (χ3n) is 1.71. The minimum atomic E-state index is 0.654. The summed E-state index contributed by atoms with van der Waals surface area (Å²) >= 11 is 0. The third-order valence-corrected chi connectivity index (χ3v) is 1.71. The van der Waals surface area contributed by atoms with Crippen LogP contribution in [0.2, 0.25) is 0 Å². The maximum Gasteiger partial charge on any atom is -0.00771 e. The lowest BCUT2D eigenvalue weighted by molar-refractivity contribution is 0.572. The molecular weight excluding hydrogens is 134 g/mol. The van der Waals surface area contributed by atoms with Crippen LogP contribution in [0.25, 0.3) is 0 Å². The van der Waals surface area contributed by atoms with Crippen LogP contribution < -0.4 is 5.73 Å². The molecule has 0 amide bonds. The highest BCUT2D eigenvalue weighted by Gasteiger charge is 1.99. The molecule has 0 bridgehead atoms. The van der Waals surface area contributed by atoms with Crippen molar-refractivity contribution in [2.24, 2.45) is 11.7 Å². The fourth-order valence-electron chi connectivity index (χ4n) is 1.16. The average Bonchev–Trinajstić information content (AvgIpc) is 2.01. The Kier molecular flexibility index (Phi) is 7.16. The molecule has 1 atom stereocenters. The molecule has 0 heterocycles. The Labute approximate surface area is 70.0 Å². The quantitative estimate of drug-likeness (QED) is 0.583. The first-order chi connectivity index (χ1) is 5.35. The summed E-state index contributed by atoms with van der Waals surface area (Å²) in [4.78, 5) is 0. The summed E-state index contributed by atoms with van der Waals surface area (Å²) in [5.41, 5.74) is 5.42. The normalized spacial score (nSPS) is 13.6. The van der Waals surface area contributed by atoms with Crippen LogP contribution in [0.4, 0.5) is 0 Å². The Morgan fingerprint density at radius 3 is 2.73 bits per heavy atom. The molecule has 0 rings (SSSR count). The first-order valence-electron chi connectivity index (χ1n) is 4.29. The van der Waals surface area contributed by atoms with Crippen LogP contribution in [0.1, 0.15) is 26.2 Å². The van der Waals surface area contributed by atoms with Gasteiger partial charge in [-0.15, -0.1) is 6.58 Å². The number of nitrogens with two attached hydrogens (primary N) is 1. The fourth-order valence-corrected chi connectivity index (χ4v) is 1.16. The molecule has 2 N–H and O–H groups in total.